The van der Waals surface area contributed by atoms with Gasteiger partial charge in [-0.1, -0.05) is 0 Å². The molecule has 2 N–H and O–H groups in total. The van der Waals surface area contributed by atoms with E-state index in [4.69, 9.17) is 0 Å². The highest BCUT2D eigenvalue weighted by Gasteiger charge is 2.26. The van der Waals surface area contributed by atoms with Crippen LogP contribution in [0.3, 0.4) is 0 Å². The lowest BCUT2D eigenvalue weighted by atomic mass is 10.3. The predicted molar refractivity (Wildman–Crippen MR) is 79.6 cm³/mol. The van der Waals surface area contributed by atoms with E-state index < -0.39 is 4.92 Å². The number of carbonyl (C=O) groups is 1. The van der Waals surface area contributed by atoms with E-state index in [1.807, 2.05) is 13.8 Å². The second kappa shape index (κ2) is 6.91. The lowest BCUT2D eigenvalue weighted by Gasteiger charge is -2.14. The first-order valence-corrected chi connectivity index (χ1v) is 6.68. The highest BCUT2D eigenvalue weighted by Crippen LogP contribution is 2.30. The maximum Gasteiger partial charge on any atom is 0.333 e. The van der Waals surface area contributed by atoms with Crippen molar-refractivity contribution in [3.05, 3.63) is 15.8 Å². The zero-order valence-electron chi connectivity index (χ0n) is 13.0. The molecule has 0 aliphatic heterocycles. The van der Waals surface area contributed by atoms with Gasteiger partial charge in [0.25, 0.3) is 0 Å². The van der Waals surface area contributed by atoms with Gasteiger partial charge in [0, 0.05) is 33.2 Å². The minimum atomic E-state index is -0.443. The quantitative estimate of drug-likeness (QED) is 0.468. The van der Waals surface area contributed by atoms with Crippen LogP contribution in [0.4, 0.5) is 16.3 Å². The van der Waals surface area contributed by atoms with Crippen LogP contribution >= 0.6 is 0 Å². The molecule has 0 saturated heterocycles. The summed E-state index contributed by atoms with van der Waals surface area (Å²) >= 11 is 0. The van der Waals surface area contributed by atoms with Crippen LogP contribution < -0.4 is 10.6 Å². The number of urea groups is 1. The van der Waals surface area contributed by atoms with Crippen LogP contribution in [0.1, 0.15) is 25.6 Å². The summed E-state index contributed by atoms with van der Waals surface area (Å²) in [5, 5.41) is 21.0. The Morgan fingerprint density at radius 3 is 2.52 bits per heavy atom. The van der Waals surface area contributed by atoms with Crippen molar-refractivity contribution >= 4 is 17.5 Å². The number of hydrogen-bond donors (Lipinski definition) is 2. The van der Waals surface area contributed by atoms with Gasteiger partial charge in [-0.2, -0.15) is 5.10 Å². The van der Waals surface area contributed by atoms with E-state index in [0.29, 0.717) is 24.6 Å². The summed E-state index contributed by atoms with van der Waals surface area (Å²) in [4.78, 5) is 23.5. The van der Waals surface area contributed by atoms with Crippen LogP contribution in [0.15, 0.2) is 0 Å². The van der Waals surface area contributed by atoms with Gasteiger partial charge >= 0.3 is 11.7 Å². The fourth-order valence-electron chi connectivity index (χ4n) is 1.80. The average molecular weight is 298 g/mol. The number of rotatable bonds is 6. The highest BCUT2D eigenvalue weighted by atomic mass is 16.6. The molecule has 0 unspecified atom stereocenters. The summed E-state index contributed by atoms with van der Waals surface area (Å²) in [6.07, 6.45) is 0. The molecule has 9 nitrogen and oxygen atoms in total. The first kappa shape index (κ1) is 16.7. The number of anilines is 1. The lowest BCUT2D eigenvalue weighted by molar-refractivity contribution is -0.384. The van der Waals surface area contributed by atoms with E-state index in [9.17, 15) is 14.9 Å². The summed E-state index contributed by atoms with van der Waals surface area (Å²) in [6, 6.07) is -0.212. The molecule has 118 valence electrons. The van der Waals surface area contributed by atoms with Crippen molar-refractivity contribution in [2.45, 2.75) is 26.8 Å². The largest absolute Gasteiger partial charge is 0.363 e. The van der Waals surface area contributed by atoms with E-state index in [1.165, 1.54) is 4.90 Å². The Bertz CT molecular complexity index is 523. The Labute approximate surface area is 123 Å². The Kier molecular flexibility index (Phi) is 5.51. The smallest absolute Gasteiger partial charge is 0.333 e. The van der Waals surface area contributed by atoms with Crippen molar-refractivity contribution in [2.24, 2.45) is 0 Å². The third-order valence-electron chi connectivity index (χ3n) is 2.83. The molecule has 9 heteroatoms. The molecule has 0 atom stereocenters. The summed E-state index contributed by atoms with van der Waals surface area (Å²) in [5.41, 5.74) is 0.344. The van der Waals surface area contributed by atoms with Crippen molar-refractivity contribution in [3.63, 3.8) is 0 Å². The maximum atomic E-state index is 11.4. The Morgan fingerprint density at radius 1 is 1.43 bits per heavy atom. The first-order valence-electron chi connectivity index (χ1n) is 6.68. The molecule has 0 aliphatic carbocycles. The molecular formula is C12H22N6O3. The average Bonchev–Trinajstić information content (AvgIpc) is 2.71. The molecule has 1 aromatic rings. The van der Waals surface area contributed by atoms with Gasteiger partial charge in [-0.25, -0.2) is 9.48 Å². The number of nitro groups is 1. The molecule has 1 heterocycles. The topological polar surface area (TPSA) is 105 Å². The number of carbonyl (C=O) groups excluding carboxylic acids is 1. The summed E-state index contributed by atoms with van der Waals surface area (Å²) in [5.74, 6) is 0.367. The second-order valence-electron chi connectivity index (χ2n) is 5.13. The third-order valence-corrected chi connectivity index (χ3v) is 2.83. The number of hydrogen-bond acceptors (Lipinski definition) is 5. The monoisotopic (exact) mass is 298 g/mol. The number of nitrogens with one attached hydrogen (secondary N) is 2. The van der Waals surface area contributed by atoms with Gasteiger partial charge in [0.2, 0.25) is 5.82 Å². The molecule has 21 heavy (non-hydrogen) atoms. The summed E-state index contributed by atoms with van der Waals surface area (Å²) in [6.45, 7) is 6.13. The molecule has 0 spiro atoms. The molecule has 0 radical (unpaired) electrons. The minimum Gasteiger partial charge on any atom is -0.363 e. The predicted octanol–water partition coefficient (Wildman–Crippen LogP) is 1.36. The van der Waals surface area contributed by atoms with Gasteiger partial charge in [-0.05, 0) is 20.8 Å². The normalized spacial score (nSPS) is 10.6. The van der Waals surface area contributed by atoms with E-state index in [-0.39, 0.29) is 17.8 Å². The highest BCUT2D eigenvalue weighted by molar-refractivity contribution is 5.73. The molecule has 1 rings (SSSR count). The Morgan fingerprint density at radius 2 is 2.05 bits per heavy atom. The Hall–Kier alpha value is -2.32. The molecular weight excluding hydrogens is 276 g/mol. The zero-order valence-corrected chi connectivity index (χ0v) is 13.0. The minimum absolute atomic E-state index is 0.00346. The lowest BCUT2D eigenvalue weighted by Crippen LogP contribution is -2.37. The van der Waals surface area contributed by atoms with Gasteiger partial charge < -0.3 is 15.5 Å². The van der Waals surface area contributed by atoms with E-state index in [1.54, 1.807) is 25.7 Å². The van der Waals surface area contributed by atoms with Crippen LogP contribution in [0.2, 0.25) is 0 Å². The van der Waals surface area contributed by atoms with Crippen molar-refractivity contribution in [1.29, 1.82) is 0 Å². The Balaban J connectivity index is 2.77. The van der Waals surface area contributed by atoms with E-state index in [2.05, 4.69) is 15.7 Å². The molecule has 0 bridgehead atoms. The summed E-state index contributed by atoms with van der Waals surface area (Å²) in [7, 11) is 3.29. The molecule has 2 amide bonds. The molecule has 0 fully saturated rings. The fourth-order valence-corrected chi connectivity index (χ4v) is 1.80. The van der Waals surface area contributed by atoms with Crippen LogP contribution in [0, 0.1) is 17.0 Å². The summed E-state index contributed by atoms with van der Waals surface area (Å²) < 4.78 is 1.58. The van der Waals surface area contributed by atoms with Gasteiger partial charge in [0.05, 0.1) is 4.92 Å². The van der Waals surface area contributed by atoms with Gasteiger partial charge in [0.1, 0.15) is 5.69 Å². The van der Waals surface area contributed by atoms with Gasteiger partial charge in [0.15, 0.2) is 0 Å². The number of aromatic nitrogens is 2. The molecule has 0 saturated carbocycles. The first-order chi connectivity index (χ1) is 9.75. The van der Waals surface area contributed by atoms with Crippen LogP contribution in [0.25, 0.3) is 0 Å². The fraction of sp³-hybridized carbons (Fsp3) is 0.667. The van der Waals surface area contributed by atoms with Crippen molar-refractivity contribution < 1.29 is 9.72 Å². The van der Waals surface area contributed by atoms with Crippen LogP contribution in [-0.4, -0.2) is 52.8 Å². The van der Waals surface area contributed by atoms with Gasteiger partial charge in [-0.3, -0.25) is 10.1 Å². The van der Waals surface area contributed by atoms with Gasteiger partial charge in [-0.15, -0.1) is 0 Å². The molecule has 1 aromatic heterocycles. The SMILES string of the molecule is Cc1nn(C(C)C)c(NCCNC(=O)N(C)C)c1[N+](=O)[O-]. The number of aryl methyl sites for hydroxylation is 1. The molecule has 0 aliphatic rings. The second-order valence-corrected chi connectivity index (χ2v) is 5.13. The van der Waals surface area contributed by atoms with E-state index in [0.717, 1.165) is 0 Å². The number of nitrogens with zero attached hydrogens (tertiary/aromatic N) is 4. The third kappa shape index (κ3) is 4.07. The van der Waals surface area contributed by atoms with Crippen LogP contribution in [-0.2, 0) is 0 Å². The number of amides is 2. The standard InChI is InChI=1S/C12H22N6O3/c1-8(2)17-11(10(18(20)21)9(3)15-17)13-6-7-14-12(19)16(4)5/h8,13H,6-7H2,1-5H3,(H,14,19). The molecule has 0 aromatic carbocycles. The van der Waals surface area contributed by atoms with Crippen LogP contribution in [0.5, 0.6) is 0 Å². The zero-order chi connectivity index (χ0) is 16.2. The van der Waals surface area contributed by atoms with E-state index >= 15 is 0 Å². The van der Waals surface area contributed by atoms with Crippen molar-refractivity contribution in [1.82, 2.24) is 20.0 Å². The maximum absolute atomic E-state index is 11.4. The van der Waals surface area contributed by atoms with Crippen molar-refractivity contribution in [3.8, 4) is 0 Å². The van der Waals surface area contributed by atoms with Crippen molar-refractivity contribution in [2.75, 3.05) is 32.5 Å².